The molecule has 1 aromatic carbocycles. The van der Waals surface area contributed by atoms with Crippen LogP contribution in [0.15, 0.2) is 23.2 Å². The first kappa shape index (κ1) is 20.8. The molecule has 0 atom stereocenters. The predicted octanol–water partition coefficient (Wildman–Crippen LogP) is 3.25. The molecule has 0 unspecified atom stereocenters. The summed E-state index contributed by atoms with van der Waals surface area (Å²) in [5.74, 6) is 2.62. The number of aliphatic imine (C=N–C) groups is 1. The van der Waals surface area contributed by atoms with E-state index in [1.807, 2.05) is 14.0 Å². The van der Waals surface area contributed by atoms with Gasteiger partial charge in [0.05, 0.1) is 0 Å². The highest BCUT2D eigenvalue weighted by molar-refractivity contribution is 5.79. The summed E-state index contributed by atoms with van der Waals surface area (Å²) in [7, 11) is 1.83. The van der Waals surface area contributed by atoms with Crippen LogP contribution >= 0.6 is 0 Å². The topological polar surface area (TPSA) is 64.1 Å². The molecule has 2 aliphatic rings. The van der Waals surface area contributed by atoms with Crippen molar-refractivity contribution in [1.82, 2.24) is 10.6 Å². The first-order chi connectivity index (χ1) is 13.8. The van der Waals surface area contributed by atoms with Gasteiger partial charge in [0.2, 0.25) is 0 Å². The van der Waals surface area contributed by atoms with Crippen LogP contribution in [0.25, 0.3) is 0 Å². The van der Waals surface area contributed by atoms with Gasteiger partial charge in [-0.15, -0.1) is 0 Å². The predicted molar refractivity (Wildman–Crippen MR) is 113 cm³/mol. The number of nitrogens with one attached hydrogen (secondary N) is 2. The van der Waals surface area contributed by atoms with Gasteiger partial charge in [-0.25, -0.2) is 0 Å². The van der Waals surface area contributed by atoms with Crippen LogP contribution in [0, 0.1) is 0 Å². The average Bonchev–Trinajstić information content (AvgIpc) is 3.22. The molecule has 0 saturated heterocycles. The van der Waals surface area contributed by atoms with Gasteiger partial charge in [0.25, 0.3) is 0 Å². The molecule has 1 saturated carbocycles. The molecule has 1 aliphatic heterocycles. The van der Waals surface area contributed by atoms with Gasteiger partial charge in [0.1, 0.15) is 13.2 Å². The summed E-state index contributed by atoms with van der Waals surface area (Å²) in [5, 5.41) is 7.00. The van der Waals surface area contributed by atoms with E-state index in [1.165, 1.54) is 31.2 Å². The number of rotatable bonds is 9. The van der Waals surface area contributed by atoms with E-state index in [0.717, 1.165) is 56.6 Å². The maximum absolute atomic E-state index is 5.82. The molecule has 1 aromatic rings. The van der Waals surface area contributed by atoms with E-state index in [1.54, 1.807) is 0 Å². The summed E-state index contributed by atoms with van der Waals surface area (Å²) in [5.41, 5.74) is 1.47. The second-order valence-electron chi connectivity index (χ2n) is 7.60. The zero-order valence-corrected chi connectivity index (χ0v) is 17.4. The van der Waals surface area contributed by atoms with Crippen LogP contribution in [-0.2, 0) is 10.2 Å². The summed E-state index contributed by atoms with van der Waals surface area (Å²) >= 11 is 0. The number of ether oxygens (including phenoxy) is 3. The van der Waals surface area contributed by atoms with Gasteiger partial charge in [-0.3, -0.25) is 4.99 Å². The Morgan fingerprint density at radius 2 is 1.89 bits per heavy atom. The number of nitrogens with zero attached hydrogens (tertiary/aromatic N) is 1. The van der Waals surface area contributed by atoms with Gasteiger partial charge in [0, 0.05) is 38.8 Å². The van der Waals surface area contributed by atoms with Crippen molar-refractivity contribution in [3.8, 4) is 11.5 Å². The van der Waals surface area contributed by atoms with Crippen molar-refractivity contribution in [2.24, 2.45) is 4.99 Å². The molecular weight excluding hydrogens is 354 g/mol. The molecule has 0 aromatic heterocycles. The average molecular weight is 390 g/mol. The zero-order chi connectivity index (χ0) is 19.7. The number of hydrogen-bond acceptors (Lipinski definition) is 4. The Labute approximate surface area is 169 Å². The van der Waals surface area contributed by atoms with E-state index in [4.69, 9.17) is 14.2 Å². The third-order valence-electron chi connectivity index (χ3n) is 5.75. The van der Waals surface area contributed by atoms with Crippen LogP contribution in [0.4, 0.5) is 0 Å². The molecule has 0 spiro atoms. The molecule has 6 heteroatoms. The van der Waals surface area contributed by atoms with Crippen LogP contribution in [0.5, 0.6) is 11.5 Å². The lowest BCUT2D eigenvalue weighted by Crippen LogP contribution is -2.45. The minimum atomic E-state index is 0.127. The van der Waals surface area contributed by atoms with Crippen molar-refractivity contribution in [3.05, 3.63) is 23.8 Å². The minimum absolute atomic E-state index is 0.127. The van der Waals surface area contributed by atoms with Crippen LogP contribution in [-0.4, -0.2) is 52.5 Å². The summed E-state index contributed by atoms with van der Waals surface area (Å²) in [6.45, 7) is 6.70. The third-order valence-corrected chi connectivity index (χ3v) is 5.75. The number of benzene rings is 1. The highest BCUT2D eigenvalue weighted by Gasteiger charge is 2.36. The number of hydrogen-bond donors (Lipinski definition) is 2. The van der Waals surface area contributed by atoms with Crippen molar-refractivity contribution in [3.63, 3.8) is 0 Å². The Balaban J connectivity index is 1.56. The number of guanidine groups is 1. The molecule has 0 bridgehead atoms. The molecule has 1 heterocycles. The van der Waals surface area contributed by atoms with Crippen molar-refractivity contribution in [2.75, 3.05) is 46.6 Å². The van der Waals surface area contributed by atoms with E-state index in [9.17, 15) is 0 Å². The smallest absolute Gasteiger partial charge is 0.191 e. The lowest BCUT2D eigenvalue weighted by molar-refractivity contribution is 0.143. The molecule has 156 valence electrons. The monoisotopic (exact) mass is 389 g/mol. The van der Waals surface area contributed by atoms with Gasteiger partial charge in [-0.05, 0) is 50.3 Å². The van der Waals surface area contributed by atoms with Crippen molar-refractivity contribution >= 4 is 5.96 Å². The zero-order valence-electron chi connectivity index (χ0n) is 17.4. The molecule has 1 aliphatic carbocycles. The molecule has 3 rings (SSSR count). The lowest BCUT2D eigenvalue weighted by atomic mass is 9.78. The Hall–Kier alpha value is -1.95. The Bertz CT molecular complexity index is 642. The first-order valence-electron chi connectivity index (χ1n) is 10.7. The largest absolute Gasteiger partial charge is 0.486 e. The number of fused-ring (bicyclic) bond motifs is 1. The first-order valence-corrected chi connectivity index (χ1v) is 10.7. The minimum Gasteiger partial charge on any atom is -0.486 e. The van der Waals surface area contributed by atoms with E-state index in [0.29, 0.717) is 13.2 Å². The quantitative estimate of drug-likeness (QED) is 0.386. The van der Waals surface area contributed by atoms with Crippen molar-refractivity contribution in [1.29, 1.82) is 0 Å². The maximum atomic E-state index is 5.82. The second-order valence-corrected chi connectivity index (χ2v) is 7.60. The van der Waals surface area contributed by atoms with Gasteiger partial charge in [-0.2, -0.15) is 0 Å². The van der Waals surface area contributed by atoms with Crippen LogP contribution < -0.4 is 20.1 Å². The normalized spacial score (nSPS) is 18.1. The Kier molecular flexibility index (Phi) is 7.83. The highest BCUT2D eigenvalue weighted by Crippen LogP contribution is 2.43. The van der Waals surface area contributed by atoms with Crippen LogP contribution in [0.3, 0.4) is 0 Å². The summed E-state index contributed by atoms with van der Waals surface area (Å²) < 4.78 is 16.9. The van der Waals surface area contributed by atoms with Gasteiger partial charge in [-0.1, -0.05) is 18.9 Å². The van der Waals surface area contributed by atoms with Crippen molar-refractivity contribution < 1.29 is 14.2 Å². The molecule has 1 fully saturated rings. The Morgan fingerprint density at radius 1 is 1.11 bits per heavy atom. The molecule has 2 N–H and O–H groups in total. The molecule has 28 heavy (non-hydrogen) atoms. The second kappa shape index (κ2) is 10.6. The summed E-state index contributed by atoms with van der Waals surface area (Å²) in [6, 6.07) is 6.46. The molecular formula is C22H35N3O3. The summed E-state index contributed by atoms with van der Waals surface area (Å²) in [4.78, 5) is 4.40. The fourth-order valence-corrected chi connectivity index (χ4v) is 4.15. The fourth-order valence-electron chi connectivity index (χ4n) is 4.15. The molecule has 0 amide bonds. The lowest BCUT2D eigenvalue weighted by Gasteiger charge is -2.32. The third kappa shape index (κ3) is 5.31. The molecule has 0 radical (unpaired) electrons. The van der Waals surface area contributed by atoms with Gasteiger partial charge < -0.3 is 24.8 Å². The Morgan fingerprint density at radius 3 is 2.64 bits per heavy atom. The van der Waals surface area contributed by atoms with E-state index >= 15 is 0 Å². The molecule has 6 nitrogen and oxygen atoms in total. The van der Waals surface area contributed by atoms with Gasteiger partial charge >= 0.3 is 0 Å². The van der Waals surface area contributed by atoms with E-state index < -0.39 is 0 Å². The SMILES string of the molecule is CCOCCCCNC(=NC)NCC1(c2ccc3c(c2)OCCO3)CCCC1. The summed E-state index contributed by atoms with van der Waals surface area (Å²) in [6.07, 6.45) is 7.04. The van der Waals surface area contributed by atoms with Crippen LogP contribution in [0.1, 0.15) is 51.0 Å². The van der Waals surface area contributed by atoms with Crippen molar-refractivity contribution in [2.45, 2.75) is 50.9 Å². The van der Waals surface area contributed by atoms with E-state index in [2.05, 4.69) is 33.8 Å². The van der Waals surface area contributed by atoms with Gasteiger partial charge in [0.15, 0.2) is 17.5 Å². The van der Waals surface area contributed by atoms with Crippen LogP contribution in [0.2, 0.25) is 0 Å². The number of unbranched alkanes of at least 4 members (excludes halogenated alkanes) is 1. The standard InChI is InChI=1S/C22H35N3O3/c1-3-26-13-7-6-12-24-21(23-2)25-17-22(10-4-5-11-22)18-8-9-19-20(16-18)28-15-14-27-19/h8-9,16H,3-7,10-15,17H2,1-2H3,(H2,23,24,25). The highest BCUT2D eigenvalue weighted by atomic mass is 16.6. The maximum Gasteiger partial charge on any atom is 0.191 e. The fraction of sp³-hybridized carbons (Fsp3) is 0.682. The van der Waals surface area contributed by atoms with E-state index in [-0.39, 0.29) is 5.41 Å².